The Balaban J connectivity index is 2.96. The lowest BCUT2D eigenvalue weighted by Crippen LogP contribution is -2.38. The molecule has 1 N–H and O–H groups in total. The number of hydrogen-bond acceptors (Lipinski definition) is 4. The van der Waals surface area contributed by atoms with E-state index >= 15 is 0 Å². The van der Waals surface area contributed by atoms with Crippen molar-refractivity contribution in [1.82, 2.24) is 0 Å². The predicted octanol–water partition coefficient (Wildman–Crippen LogP) is 3.27. The molecule has 0 radical (unpaired) electrons. The summed E-state index contributed by atoms with van der Waals surface area (Å²) in [7, 11) is 0. The van der Waals surface area contributed by atoms with Gasteiger partial charge >= 0.3 is 5.97 Å². The molecule has 4 nitrogen and oxygen atoms in total. The average Bonchev–Trinajstić information content (AvgIpc) is 2.39. The largest absolute Gasteiger partial charge is 0.491 e. The number of rotatable bonds is 7. The van der Waals surface area contributed by atoms with E-state index in [-0.39, 0.29) is 12.1 Å². The van der Waals surface area contributed by atoms with Crippen molar-refractivity contribution in [3.8, 4) is 5.75 Å². The molecule has 2 unspecified atom stereocenters. The molecule has 0 spiro atoms. The summed E-state index contributed by atoms with van der Waals surface area (Å²) in [5, 5.41) is 10.8. The van der Waals surface area contributed by atoms with Gasteiger partial charge in [-0.2, -0.15) is 0 Å². The quantitative estimate of drug-likeness (QED) is 0.784. The lowest BCUT2D eigenvalue weighted by molar-refractivity contribution is -0.158. The van der Waals surface area contributed by atoms with Crippen LogP contribution in [0.15, 0.2) is 24.3 Å². The van der Waals surface area contributed by atoms with Crippen molar-refractivity contribution < 1.29 is 19.4 Å². The first-order valence-corrected chi connectivity index (χ1v) is 7.49. The van der Waals surface area contributed by atoms with Crippen LogP contribution in [0, 0.1) is 5.92 Å². The van der Waals surface area contributed by atoms with E-state index in [0.29, 0.717) is 18.6 Å². The van der Waals surface area contributed by atoms with Crippen LogP contribution in [0.3, 0.4) is 0 Å². The zero-order chi connectivity index (χ0) is 16.0. The van der Waals surface area contributed by atoms with Crippen molar-refractivity contribution in [1.29, 1.82) is 0 Å². The van der Waals surface area contributed by atoms with E-state index < -0.39 is 11.5 Å². The molecule has 0 aliphatic rings. The summed E-state index contributed by atoms with van der Waals surface area (Å²) in [5.74, 6) is -0.212. The Hall–Kier alpha value is -1.55. The maximum absolute atomic E-state index is 12.0. The Morgan fingerprint density at radius 2 is 1.81 bits per heavy atom. The second-order valence-corrected chi connectivity index (χ2v) is 5.55. The highest BCUT2D eigenvalue weighted by Gasteiger charge is 2.38. The van der Waals surface area contributed by atoms with Crippen LogP contribution in [0.25, 0.3) is 0 Å². The van der Waals surface area contributed by atoms with Gasteiger partial charge in [0.1, 0.15) is 11.4 Å². The van der Waals surface area contributed by atoms with Gasteiger partial charge in [0.2, 0.25) is 0 Å². The van der Waals surface area contributed by atoms with Gasteiger partial charge in [-0.25, -0.2) is 0 Å². The van der Waals surface area contributed by atoms with Gasteiger partial charge in [0, 0.05) is 0 Å². The summed E-state index contributed by atoms with van der Waals surface area (Å²) >= 11 is 0. The lowest BCUT2D eigenvalue weighted by Gasteiger charge is -2.31. The summed E-state index contributed by atoms with van der Waals surface area (Å²) < 4.78 is 10.6. The monoisotopic (exact) mass is 294 g/mol. The molecule has 4 heteroatoms. The van der Waals surface area contributed by atoms with Crippen molar-refractivity contribution in [3.63, 3.8) is 0 Å². The Morgan fingerprint density at radius 3 is 2.24 bits per heavy atom. The van der Waals surface area contributed by atoms with Crippen molar-refractivity contribution in [2.75, 3.05) is 6.61 Å². The normalized spacial score (nSPS) is 15.4. The molecule has 0 fully saturated rings. The molecule has 2 atom stereocenters. The van der Waals surface area contributed by atoms with Crippen LogP contribution < -0.4 is 4.74 Å². The van der Waals surface area contributed by atoms with Crippen molar-refractivity contribution in [2.45, 2.75) is 52.7 Å². The summed E-state index contributed by atoms with van der Waals surface area (Å²) in [4.78, 5) is 12.0. The van der Waals surface area contributed by atoms with E-state index in [4.69, 9.17) is 9.47 Å². The van der Waals surface area contributed by atoms with E-state index in [1.54, 1.807) is 26.0 Å². The standard InChI is InChI=1S/C17H26O4/c1-6-15(16(18)20-7-2)17(5,19)13-8-10-14(11-9-13)21-12(3)4/h8-12,15,19H,6-7H2,1-5H3. The molecule has 1 rings (SSSR count). The Bertz CT molecular complexity index is 448. The van der Waals surface area contributed by atoms with Crippen LogP contribution in [0.4, 0.5) is 0 Å². The molecular formula is C17H26O4. The fourth-order valence-electron chi connectivity index (χ4n) is 2.38. The SMILES string of the molecule is CCOC(=O)C(CC)C(C)(O)c1ccc(OC(C)C)cc1. The molecule has 0 aliphatic heterocycles. The number of aliphatic hydroxyl groups is 1. The smallest absolute Gasteiger partial charge is 0.312 e. The third kappa shape index (κ3) is 4.46. The molecule has 0 heterocycles. The van der Waals surface area contributed by atoms with E-state index in [1.165, 1.54) is 0 Å². The molecule has 0 saturated heterocycles. The Kier molecular flexibility index (Phi) is 6.21. The zero-order valence-electron chi connectivity index (χ0n) is 13.6. The number of ether oxygens (including phenoxy) is 2. The summed E-state index contributed by atoms with van der Waals surface area (Å²) in [6, 6.07) is 7.20. The first-order chi connectivity index (χ1) is 9.82. The molecule has 0 aromatic heterocycles. The minimum Gasteiger partial charge on any atom is -0.491 e. The first-order valence-electron chi connectivity index (χ1n) is 7.49. The number of carbonyl (C=O) groups excluding carboxylic acids is 1. The maximum atomic E-state index is 12.0. The van der Waals surface area contributed by atoms with Crippen molar-refractivity contribution in [2.24, 2.45) is 5.92 Å². The minimum atomic E-state index is -1.27. The van der Waals surface area contributed by atoms with Gasteiger partial charge in [-0.3, -0.25) is 4.79 Å². The third-order valence-electron chi connectivity index (χ3n) is 3.47. The Labute approximate surface area is 127 Å². The molecule has 0 aliphatic carbocycles. The van der Waals surface area contributed by atoms with E-state index in [1.807, 2.05) is 32.9 Å². The minimum absolute atomic E-state index is 0.0966. The lowest BCUT2D eigenvalue weighted by atomic mass is 9.81. The summed E-state index contributed by atoms with van der Waals surface area (Å²) in [6.45, 7) is 9.50. The Morgan fingerprint density at radius 1 is 1.24 bits per heavy atom. The molecule has 1 aromatic carbocycles. The molecular weight excluding hydrogens is 268 g/mol. The highest BCUT2D eigenvalue weighted by molar-refractivity contribution is 5.74. The van der Waals surface area contributed by atoms with Gasteiger partial charge in [0.05, 0.1) is 18.6 Å². The van der Waals surface area contributed by atoms with Crippen LogP contribution in [0.5, 0.6) is 5.75 Å². The van der Waals surface area contributed by atoms with Gasteiger partial charge in [0.25, 0.3) is 0 Å². The van der Waals surface area contributed by atoms with Gasteiger partial charge < -0.3 is 14.6 Å². The van der Waals surface area contributed by atoms with Crippen molar-refractivity contribution in [3.05, 3.63) is 29.8 Å². The molecule has 0 bridgehead atoms. The summed E-state index contributed by atoms with van der Waals surface area (Å²) in [6.07, 6.45) is 0.607. The maximum Gasteiger partial charge on any atom is 0.312 e. The fourth-order valence-corrected chi connectivity index (χ4v) is 2.38. The van der Waals surface area contributed by atoms with E-state index in [0.717, 1.165) is 5.75 Å². The zero-order valence-corrected chi connectivity index (χ0v) is 13.6. The highest BCUT2D eigenvalue weighted by Crippen LogP contribution is 2.33. The third-order valence-corrected chi connectivity index (χ3v) is 3.47. The molecule has 0 saturated carbocycles. The second kappa shape index (κ2) is 7.46. The van der Waals surface area contributed by atoms with Gasteiger partial charge in [0.15, 0.2) is 0 Å². The van der Waals surface area contributed by atoms with Gasteiger partial charge in [-0.15, -0.1) is 0 Å². The van der Waals surface area contributed by atoms with Crippen LogP contribution in [-0.2, 0) is 15.1 Å². The average molecular weight is 294 g/mol. The predicted molar refractivity (Wildman–Crippen MR) is 82.2 cm³/mol. The number of benzene rings is 1. The van der Waals surface area contributed by atoms with E-state index in [2.05, 4.69) is 0 Å². The summed E-state index contributed by atoms with van der Waals surface area (Å²) in [5.41, 5.74) is -0.587. The number of carbonyl (C=O) groups is 1. The molecule has 0 amide bonds. The molecule has 118 valence electrons. The number of esters is 1. The van der Waals surface area contributed by atoms with Crippen LogP contribution in [0.2, 0.25) is 0 Å². The number of hydrogen-bond donors (Lipinski definition) is 1. The van der Waals surface area contributed by atoms with Crippen molar-refractivity contribution >= 4 is 5.97 Å². The second-order valence-electron chi connectivity index (χ2n) is 5.55. The fraction of sp³-hybridized carbons (Fsp3) is 0.588. The molecule has 21 heavy (non-hydrogen) atoms. The van der Waals surface area contributed by atoms with E-state index in [9.17, 15) is 9.90 Å². The van der Waals surface area contributed by atoms with Gasteiger partial charge in [-0.05, 0) is 51.8 Å². The highest BCUT2D eigenvalue weighted by atomic mass is 16.5. The van der Waals surface area contributed by atoms with Crippen LogP contribution in [-0.4, -0.2) is 23.8 Å². The van der Waals surface area contributed by atoms with Crippen LogP contribution >= 0.6 is 0 Å². The topological polar surface area (TPSA) is 55.8 Å². The molecule has 1 aromatic rings. The van der Waals surface area contributed by atoms with Crippen LogP contribution in [0.1, 0.15) is 46.6 Å². The van der Waals surface area contributed by atoms with Gasteiger partial charge in [-0.1, -0.05) is 19.1 Å². The first kappa shape index (κ1) is 17.5.